The zero-order valence-corrected chi connectivity index (χ0v) is 20.8. The third-order valence-electron chi connectivity index (χ3n) is 6.05. The van der Waals surface area contributed by atoms with Gasteiger partial charge in [0.2, 0.25) is 0 Å². The number of hydrogen-bond donors (Lipinski definition) is 2. The fraction of sp³-hybridized carbons (Fsp3) is 0.750. The minimum Gasteiger partial charge on any atom is -0.400 e. The van der Waals surface area contributed by atoms with Gasteiger partial charge in [0.15, 0.2) is 0 Å². The summed E-state index contributed by atoms with van der Waals surface area (Å²) in [5, 5.41) is 3.54. The van der Waals surface area contributed by atoms with E-state index in [0.29, 0.717) is 6.04 Å². The maximum Gasteiger partial charge on any atom is 0.127 e. The van der Waals surface area contributed by atoms with Crippen LogP contribution >= 0.6 is 0 Å². The Morgan fingerprint density at radius 1 is 1.23 bits per heavy atom. The zero-order valence-electron chi connectivity index (χ0n) is 20.8. The number of allylic oxidation sites excluding steroid dienone is 3. The Balaban J connectivity index is 0.00000218. The van der Waals surface area contributed by atoms with Gasteiger partial charge in [0.25, 0.3) is 0 Å². The fourth-order valence-electron chi connectivity index (χ4n) is 4.24. The minimum atomic E-state index is 0.0434. The van der Waals surface area contributed by atoms with Crippen LogP contribution in [-0.2, 0) is 4.74 Å². The first-order valence-corrected chi connectivity index (χ1v) is 11.8. The lowest BCUT2D eigenvalue weighted by atomic mass is 10.1. The largest absolute Gasteiger partial charge is 0.400 e. The standard InChI is InChI=1S/C22H41N5O.C2H6/c1-7-25-12-13-27(18(5)16-25)21-11-10-19(23)20(14-17(21)4)24-15-22(28-6)26(8-2)9-3;1-2/h11,14,18,22,24H,7-10,12-13,15-16,23H2,1-6H3;1-2H3. The van der Waals surface area contributed by atoms with Crippen molar-refractivity contribution in [1.29, 1.82) is 0 Å². The molecule has 0 saturated carbocycles. The summed E-state index contributed by atoms with van der Waals surface area (Å²) in [6.45, 7) is 22.2. The van der Waals surface area contributed by atoms with E-state index in [0.717, 1.165) is 63.6 Å². The first kappa shape index (κ1) is 26.5. The summed E-state index contributed by atoms with van der Waals surface area (Å²) in [4.78, 5) is 7.37. The second kappa shape index (κ2) is 13.7. The highest BCUT2D eigenvalue weighted by Crippen LogP contribution is 2.26. The van der Waals surface area contributed by atoms with Crippen molar-refractivity contribution in [2.24, 2.45) is 5.73 Å². The summed E-state index contributed by atoms with van der Waals surface area (Å²) in [6, 6.07) is 0.513. The molecule has 2 atom stereocenters. The number of rotatable bonds is 9. The van der Waals surface area contributed by atoms with Crippen LogP contribution in [0.3, 0.4) is 0 Å². The molecule has 0 bridgehead atoms. The third-order valence-corrected chi connectivity index (χ3v) is 6.05. The molecule has 1 aliphatic carbocycles. The molecule has 1 saturated heterocycles. The molecule has 6 nitrogen and oxygen atoms in total. The Hall–Kier alpha value is -1.50. The van der Waals surface area contributed by atoms with Gasteiger partial charge in [0.05, 0.1) is 12.2 Å². The second-order valence-corrected chi connectivity index (χ2v) is 7.79. The van der Waals surface area contributed by atoms with Crippen molar-refractivity contribution in [3.8, 4) is 0 Å². The second-order valence-electron chi connectivity index (χ2n) is 7.79. The van der Waals surface area contributed by atoms with E-state index in [2.05, 4.69) is 66.8 Å². The Kier molecular flexibility index (Phi) is 12.1. The number of piperazine rings is 1. The number of nitrogens with two attached hydrogens (primary N) is 1. The van der Waals surface area contributed by atoms with Crippen molar-refractivity contribution in [2.45, 2.75) is 67.2 Å². The van der Waals surface area contributed by atoms with Crippen molar-refractivity contribution in [3.63, 3.8) is 0 Å². The van der Waals surface area contributed by atoms with Crippen LogP contribution in [0.5, 0.6) is 0 Å². The Bertz CT molecular complexity index is 594. The van der Waals surface area contributed by atoms with Crippen LogP contribution in [-0.4, -0.2) is 79.9 Å². The molecule has 0 aromatic heterocycles. The van der Waals surface area contributed by atoms with Crippen LogP contribution in [0.4, 0.5) is 0 Å². The topological polar surface area (TPSA) is 57.0 Å². The molecule has 2 aliphatic rings. The van der Waals surface area contributed by atoms with E-state index in [-0.39, 0.29) is 6.23 Å². The summed E-state index contributed by atoms with van der Waals surface area (Å²) in [6.07, 6.45) is 5.32. The van der Waals surface area contributed by atoms with Crippen LogP contribution in [0, 0.1) is 0 Å². The fourth-order valence-corrected chi connectivity index (χ4v) is 4.24. The van der Waals surface area contributed by atoms with Gasteiger partial charge in [-0.05, 0) is 45.1 Å². The van der Waals surface area contributed by atoms with E-state index in [1.54, 1.807) is 7.11 Å². The molecule has 3 N–H and O–H groups in total. The van der Waals surface area contributed by atoms with Gasteiger partial charge in [-0.3, -0.25) is 9.80 Å². The molecule has 30 heavy (non-hydrogen) atoms. The summed E-state index contributed by atoms with van der Waals surface area (Å²) in [5.41, 5.74) is 10.9. The smallest absolute Gasteiger partial charge is 0.127 e. The Morgan fingerprint density at radius 3 is 2.43 bits per heavy atom. The first-order chi connectivity index (χ1) is 14.4. The quantitative estimate of drug-likeness (QED) is 0.557. The van der Waals surface area contributed by atoms with Gasteiger partial charge in [0.1, 0.15) is 6.23 Å². The SMILES string of the molecule is CC.CCN1CCN(C2=CCC(N)=C(NCC(OC)N(CC)CC)C=C2C)C(C)C1. The third kappa shape index (κ3) is 7.03. The number of nitrogens with one attached hydrogen (secondary N) is 1. The molecule has 0 spiro atoms. The lowest BCUT2D eigenvalue weighted by Crippen LogP contribution is -2.51. The highest BCUT2D eigenvalue weighted by molar-refractivity contribution is 5.40. The highest BCUT2D eigenvalue weighted by Gasteiger charge is 2.26. The molecule has 6 heteroatoms. The molecule has 0 radical (unpaired) electrons. The first-order valence-electron chi connectivity index (χ1n) is 11.8. The van der Waals surface area contributed by atoms with Gasteiger partial charge in [-0.25, -0.2) is 0 Å². The van der Waals surface area contributed by atoms with Crippen molar-refractivity contribution >= 4 is 0 Å². The van der Waals surface area contributed by atoms with Gasteiger partial charge < -0.3 is 20.7 Å². The molecule has 174 valence electrons. The highest BCUT2D eigenvalue weighted by atomic mass is 16.5. The van der Waals surface area contributed by atoms with Crippen molar-refractivity contribution in [1.82, 2.24) is 20.0 Å². The number of methoxy groups -OCH3 is 1. The maximum atomic E-state index is 6.43. The van der Waals surface area contributed by atoms with E-state index >= 15 is 0 Å². The van der Waals surface area contributed by atoms with E-state index in [9.17, 15) is 0 Å². The van der Waals surface area contributed by atoms with Crippen LogP contribution < -0.4 is 11.1 Å². The van der Waals surface area contributed by atoms with Crippen LogP contribution in [0.15, 0.2) is 34.8 Å². The van der Waals surface area contributed by atoms with E-state index < -0.39 is 0 Å². The number of nitrogens with zero attached hydrogens (tertiary/aromatic N) is 3. The lowest BCUT2D eigenvalue weighted by molar-refractivity contribution is -0.0238. The minimum absolute atomic E-state index is 0.0434. The number of ether oxygens (including phenoxy) is 1. The van der Waals surface area contributed by atoms with Crippen molar-refractivity contribution in [3.05, 3.63) is 34.8 Å². The predicted octanol–water partition coefficient (Wildman–Crippen LogP) is 3.35. The van der Waals surface area contributed by atoms with Gasteiger partial charge in [-0.15, -0.1) is 0 Å². The molecule has 0 aromatic rings. The molecule has 1 aliphatic heterocycles. The molecular formula is C24H47N5O. The van der Waals surface area contributed by atoms with Crippen molar-refractivity contribution in [2.75, 3.05) is 52.9 Å². The van der Waals surface area contributed by atoms with Gasteiger partial charge in [-0.2, -0.15) is 0 Å². The average Bonchev–Trinajstić information content (AvgIpc) is 2.90. The lowest BCUT2D eigenvalue weighted by Gasteiger charge is -2.42. The summed E-state index contributed by atoms with van der Waals surface area (Å²) >= 11 is 0. The average molecular weight is 422 g/mol. The zero-order chi connectivity index (χ0) is 22.7. The van der Waals surface area contributed by atoms with Crippen molar-refractivity contribution < 1.29 is 4.74 Å². The van der Waals surface area contributed by atoms with E-state index in [1.807, 2.05) is 13.8 Å². The predicted molar refractivity (Wildman–Crippen MR) is 129 cm³/mol. The Labute approximate surface area is 185 Å². The molecular weight excluding hydrogens is 374 g/mol. The molecule has 2 rings (SSSR count). The Morgan fingerprint density at radius 2 is 1.90 bits per heavy atom. The number of likely N-dealkylation sites (N-methyl/N-ethyl adjacent to an activating group) is 2. The van der Waals surface area contributed by atoms with Crippen LogP contribution in [0.1, 0.15) is 54.9 Å². The van der Waals surface area contributed by atoms with Crippen LogP contribution in [0.2, 0.25) is 0 Å². The molecule has 1 heterocycles. The monoisotopic (exact) mass is 421 g/mol. The normalized spacial score (nSPS) is 21.5. The van der Waals surface area contributed by atoms with Gasteiger partial charge >= 0.3 is 0 Å². The van der Waals surface area contributed by atoms with Gasteiger partial charge in [0, 0.05) is 50.6 Å². The summed E-state index contributed by atoms with van der Waals surface area (Å²) < 4.78 is 5.68. The molecule has 2 unspecified atom stereocenters. The van der Waals surface area contributed by atoms with E-state index in [1.165, 1.54) is 11.3 Å². The number of hydrogen-bond acceptors (Lipinski definition) is 6. The summed E-state index contributed by atoms with van der Waals surface area (Å²) in [7, 11) is 1.77. The van der Waals surface area contributed by atoms with E-state index in [4.69, 9.17) is 10.5 Å². The summed E-state index contributed by atoms with van der Waals surface area (Å²) in [5.74, 6) is 0. The molecule has 1 fully saturated rings. The molecule has 0 amide bonds. The van der Waals surface area contributed by atoms with Crippen LogP contribution in [0.25, 0.3) is 0 Å². The molecule has 0 aromatic carbocycles. The maximum absolute atomic E-state index is 6.43. The van der Waals surface area contributed by atoms with Gasteiger partial charge in [-0.1, -0.05) is 40.7 Å².